The molecule has 88 valence electrons. The number of hydrogen-bond donors (Lipinski definition) is 0. The molecule has 1 aromatic rings. The average molecular weight is 281 g/mol. The molecule has 16 heavy (non-hydrogen) atoms. The molecule has 1 heteroatoms. The van der Waals surface area contributed by atoms with Crippen LogP contribution < -0.4 is 0 Å². The summed E-state index contributed by atoms with van der Waals surface area (Å²) in [6.45, 7) is 4.40. The maximum Gasteiger partial charge on any atom is 0.0400 e. The first-order valence-electron chi connectivity index (χ1n) is 6.38. The summed E-state index contributed by atoms with van der Waals surface area (Å²) >= 11 is 3.88. The second-order valence-corrected chi connectivity index (χ2v) is 6.32. The topological polar surface area (TPSA) is 0 Å². The zero-order chi connectivity index (χ0) is 11.5. The molecule has 0 bridgehead atoms. The van der Waals surface area contributed by atoms with Crippen molar-refractivity contribution < 1.29 is 0 Å². The fourth-order valence-corrected chi connectivity index (χ4v) is 3.78. The minimum absolute atomic E-state index is 0.551. The lowest BCUT2D eigenvalue weighted by Gasteiger charge is -2.17. The van der Waals surface area contributed by atoms with Crippen molar-refractivity contribution in [2.45, 2.75) is 50.8 Å². The second kappa shape index (κ2) is 5.35. The average Bonchev–Trinajstić information content (AvgIpc) is 2.74. The largest absolute Gasteiger partial charge is 0.0839 e. The number of hydrogen-bond acceptors (Lipinski definition) is 0. The van der Waals surface area contributed by atoms with Crippen LogP contribution in [0, 0.1) is 19.8 Å². The van der Waals surface area contributed by atoms with Gasteiger partial charge in [-0.2, -0.15) is 0 Å². The van der Waals surface area contributed by atoms with Crippen molar-refractivity contribution >= 4 is 15.9 Å². The number of aryl methyl sites for hydroxylation is 2. The van der Waals surface area contributed by atoms with E-state index in [1.807, 2.05) is 0 Å². The van der Waals surface area contributed by atoms with Gasteiger partial charge in [0, 0.05) is 4.83 Å². The van der Waals surface area contributed by atoms with Gasteiger partial charge < -0.3 is 0 Å². The van der Waals surface area contributed by atoms with Gasteiger partial charge in [-0.05, 0) is 37.3 Å². The highest BCUT2D eigenvalue weighted by molar-refractivity contribution is 9.09. The zero-order valence-corrected chi connectivity index (χ0v) is 11.9. The van der Waals surface area contributed by atoms with Gasteiger partial charge in [-0.15, -0.1) is 0 Å². The summed E-state index contributed by atoms with van der Waals surface area (Å²) in [5, 5.41) is 0. The van der Waals surface area contributed by atoms with Gasteiger partial charge in [0.2, 0.25) is 0 Å². The lowest BCUT2D eigenvalue weighted by molar-refractivity contribution is 0.501. The highest BCUT2D eigenvalue weighted by atomic mass is 79.9. The molecule has 1 aromatic carbocycles. The number of rotatable bonds is 3. The summed E-state index contributed by atoms with van der Waals surface area (Å²) < 4.78 is 0. The van der Waals surface area contributed by atoms with Gasteiger partial charge in [-0.25, -0.2) is 0 Å². The molecular weight excluding hydrogens is 260 g/mol. The Labute approximate surface area is 108 Å². The van der Waals surface area contributed by atoms with E-state index in [9.17, 15) is 0 Å². The highest BCUT2D eigenvalue weighted by Gasteiger charge is 2.20. The van der Waals surface area contributed by atoms with Gasteiger partial charge in [0.1, 0.15) is 0 Å². The van der Waals surface area contributed by atoms with E-state index in [2.05, 4.69) is 48.0 Å². The minimum atomic E-state index is 0.551. The maximum absolute atomic E-state index is 3.88. The molecule has 0 heterocycles. The van der Waals surface area contributed by atoms with Crippen LogP contribution in [0.2, 0.25) is 0 Å². The quantitative estimate of drug-likeness (QED) is 0.658. The van der Waals surface area contributed by atoms with E-state index in [1.165, 1.54) is 48.8 Å². The van der Waals surface area contributed by atoms with Crippen LogP contribution in [0.1, 0.15) is 53.6 Å². The van der Waals surface area contributed by atoms with Crippen molar-refractivity contribution in [3.05, 3.63) is 34.9 Å². The van der Waals surface area contributed by atoms with Crippen molar-refractivity contribution in [2.75, 3.05) is 0 Å². The maximum atomic E-state index is 3.88. The van der Waals surface area contributed by atoms with Crippen LogP contribution in [-0.2, 0) is 0 Å². The SMILES string of the molecule is Cc1ccc(C)c(C(Br)CC2CCCC2)c1. The molecule has 2 rings (SSSR count). The first-order valence-corrected chi connectivity index (χ1v) is 7.29. The van der Waals surface area contributed by atoms with Crippen LogP contribution >= 0.6 is 15.9 Å². The summed E-state index contributed by atoms with van der Waals surface area (Å²) in [4.78, 5) is 0.551. The lowest BCUT2D eigenvalue weighted by atomic mass is 9.95. The fourth-order valence-electron chi connectivity index (χ4n) is 2.76. The molecule has 0 aromatic heterocycles. The van der Waals surface area contributed by atoms with Crippen LogP contribution in [-0.4, -0.2) is 0 Å². The zero-order valence-electron chi connectivity index (χ0n) is 10.3. The van der Waals surface area contributed by atoms with Crippen molar-refractivity contribution in [3.8, 4) is 0 Å². The van der Waals surface area contributed by atoms with Gasteiger partial charge in [0.15, 0.2) is 0 Å². The normalized spacial score (nSPS) is 18.9. The van der Waals surface area contributed by atoms with Crippen LogP contribution in [0.4, 0.5) is 0 Å². The molecule has 1 saturated carbocycles. The standard InChI is InChI=1S/C15H21Br/c1-11-7-8-12(2)14(9-11)15(16)10-13-5-3-4-6-13/h7-9,13,15H,3-6,10H2,1-2H3. The first kappa shape index (κ1) is 12.2. The Bertz CT molecular complexity index is 350. The van der Waals surface area contributed by atoms with Gasteiger partial charge >= 0.3 is 0 Å². The fraction of sp³-hybridized carbons (Fsp3) is 0.600. The van der Waals surface area contributed by atoms with Gasteiger partial charge in [-0.1, -0.05) is 65.4 Å². The molecule has 0 spiro atoms. The van der Waals surface area contributed by atoms with Crippen molar-refractivity contribution in [1.82, 2.24) is 0 Å². The van der Waals surface area contributed by atoms with E-state index in [0.717, 1.165) is 5.92 Å². The van der Waals surface area contributed by atoms with Crippen molar-refractivity contribution in [3.63, 3.8) is 0 Å². The van der Waals surface area contributed by atoms with Gasteiger partial charge in [0.05, 0.1) is 0 Å². The molecular formula is C15H21Br. The summed E-state index contributed by atoms with van der Waals surface area (Å²) in [6.07, 6.45) is 7.07. The first-order chi connectivity index (χ1) is 7.66. The monoisotopic (exact) mass is 280 g/mol. The summed E-state index contributed by atoms with van der Waals surface area (Å²) in [5.74, 6) is 0.948. The van der Waals surface area contributed by atoms with Crippen LogP contribution in [0.15, 0.2) is 18.2 Å². The molecule has 1 atom stereocenters. The molecule has 1 aliphatic rings. The van der Waals surface area contributed by atoms with Gasteiger partial charge in [0.25, 0.3) is 0 Å². The van der Waals surface area contributed by atoms with E-state index in [1.54, 1.807) is 0 Å². The molecule has 0 aliphatic heterocycles. The summed E-state index contributed by atoms with van der Waals surface area (Å²) in [6, 6.07) is 6.78. The molecule has 0 nitrogen and oxygen atoms in total. The Balaban J connectivity index is 2.07. The second-order valence-electron chi connectivity index (χ2n) is 5.21. The smallest absolute Gasteiger partial charge is 0.0400 e. The third-order valence-electron chi connectivity index (χ3n) is 3.79. The lowest BCUT2D eigenvalue weighted by Crippen LogP contribution is -2.01. The number of benzene rings is 1. The predicted molar refractivity (Wildman–Crippen MR) is 74.2 cm³/mol. The van der Waals surface area contributed by atoms with E-state index >= 15 is 0 Å². The van der Waals surface area contributed by atoms with E-state index in [4.69, 9.17) is 0 Å². The summed E-state index contributed by atoms with van der Waals surface area (Å²) in [7, 11) is 0. The molecule has 1 fully saturated rings. The van der Waals surface area contributed by atoms with E-state index < -0.39 is 0 Å². The van der Waals surface area contributed by atoms with Crippen LogP contribution in [0.3, 0.4) is 0 Å². The Morgan fingerprint density at radius 3 is 2.62 bits per heavy atom. The van der Waals surface area contributed by atoms with E-state index in [-0.39, 0.29) is 0 Å². The van der Waals surface area contributed by atoms with Crippen molar-refractivity contribution in [1.29, 1.82) is 0 Å². The summed E-state index contributed by atoms with van der Waals surface area (Å²) in [5.41, 5.74) is 4.29. The molecule has 1 unspecified atom stereocenters. The molecule has 0 N–H and O–H groups in total. The van der Waals surface area contributed by atoms with E-state index in [0.29, 0.717) is 4.83 Å². The minimum Gasteiger partial charge on any atom is -0.0839 e. The third kappa shape index (κ3) is 2.88. The predicted octanol–water partition coefficient (Wildman–Crippen LogP) is 5.32. The number of alkyl halides is 1. The van der Waals surface area contributed by atoms with Crippen LogP contribution in [0.25, 0.3) is 0 Å². The number of halogens is 1. The Hall–Kier alpha value is -0.300. The third-order valence-corrected chi connectivity index (χ3v) is 4.65. The Morgan fingerprint density at radius 1 is 1.25 bits per heavy atom. The Morgan fingerprint density at radius 2 is 1.94 bits per heavy atom. The van der Waals surface area contributed by atoms with Crippen LogP contribution in [0.5, 0.6) is 0 Å². The molecule has 0 amide bonds. The van der Waals surface area contributed by atoms with Gasteiger partial charge in [-0.3, -0.25) is 0 Å². The Kier molecular flexibility index (Phi) is 4.07. The van der Waals surface area contributed by atoms with Crippen molar-refractivity contribution in [2.24, 2.45) is 5.92 Å². The molecule has 0 radical (unpaired) electrons. The molecule has 0 saturated heterocycles. The highest BCUT2D eigenvalue weighted by Crippen LogP contribution is 2.38. The molecule has 1 aliphatic carbocycles.